The average molecular weight is 433 g/mol. The van der Waals surface area contributed by atoms with Crippen LogP contribution in [0.3, 0.4) is 0 Å². The van der Waals surface area contributed by atoms with Crippen molar-refractivity contribution >= 4 is 8.32 Å². The lowest BCUT2D eigenvalue weighted by atomic mass is 9.94. The van der Waals surface area contributed by atoms with Crippen LogP contribution in [0.5, 0.6) is 0 Å². The average Bonchev–Trinajstić information content (AvgIpc) is 3.09. The zero-order valence-corrected chi connectivity index (χ0v) is 20.1. The first-order valence-electron chi connectivity index (χ1n) is 11.0. The zero-order chi connectivity index (χ0) is 22.2. The first-order valence-corrected chi connectivity index (χ1v) is 13.9. The van der Waals surface area contributed by atoms with E-state index in [4.69, 9.17) is 4.43 Å². The monoisotopic (exact) mass is 432 g/mol. The molecule has 0 fully saturated rings. The van der Waals surface area contributed by atoms with Gasteiger partial charge in [0.2, 0.25) is 0 Å². The van der Waals surface area contributed by atoms with Crippen LogP contribution >= 0.6 is 0 Å². The number of aliphatic hydroxyl groups is 1. The Morgan fingerprint density at radius 1 is 0.871 bits per heavy atom. The molecule has 3 aromatic rings. The second kappa shape index (κ2) is 8.30. The van der Waals surface area contributed by atoms with E-state index in [0.29, 0.717) is 13.0 Å². The summed E-state index contributed by atoms with van der Waals surface area (Å²) in [5, 5.41) is 20.5. The summed E-state index contributed by atoms with van der Waals surface area (Å²) in [6.45, 7) is 11.9. The Morgan fingerprint density at radius 3 is 1.84 bits per heavy atom. The smallest absolute Gasteiger partial charge is 0.192 e. The van der Waals surface area contributed by atoms with Crippen LogP contribution in [0.1, 0.15) is 50.3 Å². The molecule has 1 aromatic heterocycles. The van der Waals surface area contributed by atoms with Crippen LogP contribution in [0.15, 0.2) is 60.7 Å². The molecule has 162 valence electrons. The summed E-state index contributed by atoms with van der Waals surface area (Å²) >= 11 is 0. The van der Waals surface area contributed by atoms with Gasteiger partial charge in [0.25, 0.3) is 0 Å². The molecule has 1 aliphatic carbocycles. The Hall–Kier alpha value is -2.34. The van der Waals surface area contributed by atoms with Gasteiger partial charge in [-0.05, 0) is 30.1 Å². The second-order valence-electron chi connectivity index (χ2n) is 9.98. The number of hydrogen-bond acceptors (Lipinski definition) is 4. The Morgan fingerprint density at radius 2 is 1.35 bits per heavy atom. The maximum atomic E-state index is 11.1. The molecule has 0 spiro atoms. The van der Waals surface area contributed by atoms with Crippen molar-refractivity contribution in [3.05, 3.63) is 71.8 Å². The lowest BCUT2D eigenvalue weighted by molar-refractivity contribution is 0.160. The maximum absolute atomic E-state index is 11.1. The minimum absolute atomic E-state index is 0.0901. The Balaban J connectivity index is 1.81. The van der Waals surface area contributed by atoms with E-state index < -0.39 is 14.4 Å². The van der Waals surface area contributed by atoms with Crippen LogP contribution in [0, 0.1) is 0 Å². The van der Waals surface area contributed by atoms with E-state index in [9.17, 15) is 5.11 Å². The topological polar surface area (TPSA) is 55.2 Å². The fraction of sp³-hybridized carbons (Fsp3) is 0.385. The number of hydrogen-bond donors (Lipinski definition) is 1. The molecule has 1 N–H and O–H groups in total. The molecule has 0 aliphatic heterocycles. The van der Waals surface area contributed by atoms with Crippen molar-refractivity contribution < 1.29 is 9.53 Å². The largest absolute Gasteiger partial charge is 0.416 e. The molecule has 2 atom stereocenters. The Labute approximate surface area is 186 Å². The Bertz CT molecular complexity index is 1050. The number of aromatic nitrogens is 2. The highest BCUT2D eigenvalue weighted by Crippen LogP contribution is 2.48. The Kier molecular flexibility index (Phi) is 5.86. The van der Waals surface area contributed by atoms with E-state index in [1.54, 1.807) is 0 Å². The lowest BCUT2D eigenvalue weighted by Crippen LogP contribution is -2.41. The standard InChI is InChI=1S/C26H32N2O2Si/c1-26(2,3)31(4,5)30-17-20-16-21(29)23-22(20)24(18-12-8-6-9-13-18)27-28-25(23)19-14-10-7-11-15-19/h6-15,20-21,29H,16-17H2,1-5H3/t20-,21+/m1/s1. The molecule has 1 heterocycles. The van der Waals surface area contributed by atoms with Gasteiger partial charge in [-0.1, -0.05) is 81.4 Å². The van der Waals surface area contributed by atoms with Gasteiger partial charge in [0.05, 0.1) is 17.5 Å². The number of nitrogens with zero attached hydrogens (tertiary/aromatic N) is 2. The number of rotatable bonds is 5. The van der Waals surface area contributed by atoms with Gasteiger partial charge < -0.3 is 9.53 Å². The fourth-order valence-corrected chi connectivity index (χ4v) is 5.06. The van der Waals surface area contributed by atoms with E-state index in [-0.39, 0.29) is 11.0 Å². The van der Waals surface area contributed by atoms with Gasteiger partial charge in [-0.3, -0.25) is 0 Å². The minimum Gasteiger partial charge on any atom is -0.416 e. The highest BCUT2D eigenvalue weighted by molar-refractivity contribution is 6.74. The third-order valence-electron chi connectivity index (χ3n) is 6.85. The van der Waals surface area contributed by atoms with Crippen molar-refractivity contribution in [1.82, 2.24) is 10.2 Å². The number of aliphatic hydroxyl groups excluding tert-OH is 1. The van der Waals surface area contributed by atoms with Crippen LogP contribution in [-0.2, 0) is 4.43 Å². The third-order valence-corrected chi connectivity index (χ3v) is 11.3. The molecule has 0 radical (unpaired) electrons. The lowest BCUT2D eigenvalue weighted by Gasteiger charge is -2.37. The summed E-state index contributed by atoms with van der Waals surface area (Å²) in [6, 6.07) is 20.2. The van der Waals surface area contributed by atoms with E-state index in [2.05, 4.69) is 56.2 Å². The normalized spacial score (nSPS) is 18.8. The molecular weight excluding hydrogens is 400 g/mol. The fourth-order valence-electron chi connectivity index (χ4n) is 4.01. The van der Waals surface area contributed by atoms with Crippen molar-refractivity contribution in [3.8, 4) is 22.5 Å². The van der Waals surface area contributed by atoms with E-state index in [0.717, 1.165) is 33.6 Å². The molecule has 4 nitrogen and oxygen atoms in total. The highest BCUT2D eigenvalue weighted by Gasteiger charge is 2.41. The summed E-state index contributed by atoms with van der Waals surface area (Å²) in [4.78, 5) is 0. The van der Waals surface area contributed by atoms with Crippen molar-refractivity contribution in [2.24, 2.45) is 0 Å². The predicted molar refractivity (Wildman–Crippen MR) is 128 cm³/mol. The van der Waals surface area contributed by atoms with Crippen LogP contribution in [0.2, 0.25) is 18.1 Å². The van der Waals surface area contributed by atoms with Crippen molar-refractivity contribution in [3.63, 3.8) is 0 Å². The van der Waals surface area contributed by atoms with Gasteiger partial charge in [-0.25, -0.2) is 0 Å². The zero-order valence-electron chi connectivity index (χ0n) is 19.1. The minimum atomic E-state index is -1.91. The molecule has 2 aromatic carbocycles. The second-order valence-corrected chi connectivity index (χ2v) is 14.8. The first-order chi connectivity index (χ1) is 14.7. The van der Waals surface area contributed by atoms with Gasteiger partial charge >= 0.3 is 0 Å². The van der Waals surface area contributed by atoms with E-state index >= 15 is 0 Å². The van der Waals surface area contributed by atoms with Crippen molar-refractivity contribution in [2.75, 3.05) is 6.61 Å². The molecule has 0 amide bonds. The summed E-state index contributed by atoms with van der Waals surface area (Å²) in [6.07, 6.45) is 0.0629. The van der Waals surface area contributed by atoms with Crippen LogP contribution < -0.4 is 0 Å². The van der Waals surface area contributed by atoms with E-state index in [1.807, 2.05) is 48.5 Å². The molecule has 5 heteroatoms. The molecule has 0 bridgehead atoms. The summed E-state index contributed by atoms with van der Waals surface area (Å²) in [7, 11) is -1.91. The number of benzene rings is 2. The third kappa shape index (κ3) is 4.22. The van der Waals surface area contributed by atoms with Crippen molar-refractivity contribution in [1.29, 1.82) is 0 Å². The van der Waals surface area contributed by atoms with Crippen molar-refractivity contribution in [2.45, 2.75) is 57.3 Å². The molecule has 0 saturated carbocycles. The van der Waals surface area contributed by atoms with Gasteiger partial charge in [-0.2, -0.15) is 0 Å². The van der Waals surface area contributed by atoms with E-state index in [1.165, 1.54) is 0 Å². The van der Waals surface area contributed by atoms with Gasteiger partial charge in [0.1, 0.15) is 0 Å². The molecule has 0 unspecified atom stereocenters. The summed E-state index contributed by atoms with van der Waals surface area (Å²) in [5.41, 5.74) is 5.64. The van der Waals surface area contributed by atoms with Crippen LogP contribution in [-0.4, -0.2) is 30.2 Å². The predicted octanol–water partition coefficient (Wildman–Crippen LogP) is 6.35. The highest BCUT2D eigenvalue weighted by atomic mass is 28.4. The maximum Gasteiger partial charge on any atom is 0.192 e. The van der Waals surface area contributed by atoms with Gasteiger partial charge in [-0.15, -0.1) is 10.2 Å². The number of fused-ring (bicyclic) bond motifs is 1. The quantitative estimate of drug-likeness (QED) is 0.477. The van der Waals surface area contributed by atoms with Crippen LogP contribution in [0.4, 0.5) is 0 Å². The molecule has 31 heavy (non-hydrogen) atoms. The molecule has 4 rings (SSSR count). The summed E-state index contributed by atoms with van der Waals surface area (Å²) < 4.78 is 6.60. The molecule has 1 aliphatic rings. The molecule has 0 saturated heterocycles. The van der Waals surface area contributed by atoms with Crippen LogP contribution in [0.25, 0.3) is 22.5 Å². The molecular formula is C26H32N2O2Si. The van der Waals surface area contributed by atoms with Gasteiger partial charge in [0.15, 0.2) is 8.32 Å². The van der Waals surface area contributed by atoms with Gasteiger partial charge in [0, 0.05) is 29.2 Å². The SMILES string of the molecule is CC(C)(C)[Si](C)(C)OC[C@H]1C[C@H](O)c2c(-c3ccccc3)nnc(-c3ccccc3)c21. The summed E-state index contributed by atoms with van der Waals surface area (Å²) in [5.74, 6) is 0.0901. The first kappa shape index (κ1) is 21.9.